The van der Waals surface area contributed by atoms with Crippen molar-refractivity contribution in [1.29, 1.82) is 0 Å². The number of pyridine rings is 1. The van der Waals surface area contributed by atoms with Crippen molar-refractivity contribution in [2.24, 2.45) is 0 Å². The van der Waals surface area contributed by atoms with Crippen LogP contribution in [0, 0.1) is 0 Å². The predicted octanol–water partition coefficient (Wildman–Crippen LogP) is 3.35. The molecule has 2 aliphatic rings. The molecular formula is C22H26N4O2. The first-order valence-electron chi connectivity index (χ1n) is 9.99. The highest BCUT2D eigenvalue weighted by atomic mass is 16.2. The Morgan fingerprint density at radius 2 is 2.11 bits per heavy atom. The van der Waals surface area contributed by atoms with E-state index in [1.807, 2.05) is 32.4 Å². The fourth-order valence-electron chi connectivity index (χ4n) is 4.31. The quantitative estimate of drug-likeness (QED) is 0.860. The van der Waals surface area contributed by atoms with Crippen LogP contribution in [-0.2, 0) is 17.6 Å². The van der Waals surface area contributed by atoms with Gasteiger partial charge in [0.2, 0.25) is 5.91 Å². The van der Waals surface area contributed by atoms with Crippen molar-refractivity contribution in [2.45, 2.75) is 45.1 Å². The number of carbonyl (C=O) groups is 2. The maximum Gasteiger partial charge on any atom is 0.315 e. The lowest BCUT2D eigenvalue weighted by Crippen LogP contribution is -2.39. The minimum absolute atomic E-state index is 0.0101. The standard InChI is InChI=1S/C22H26N4O2/c1-3-24-22(28)25-19-6-4-5-16-17(12-23-13-18(16)19)14-7-9-20-15(11-14)8-10-21(27)26(20)2/h7,9,11-13,19H,3-6,8,10H2,1-2H3,(H2,24,25,28)/t19-/m1/s1. The van der Waals surface area contributed by atoms with Crippen LogP contribution in [0.1, 0.15) is 48.9 Å². The Bertz CT molecular complexity index is 925. The van der Waals surface area contributed by atoms with Crippen LogP contribution in [0.2, 0.25) is 0 Å². The second-order valence-corrected chi connectivity index (χ2v) is 7.50. The summed E-state index contributed by atoms with van der Waals surface area (Å²) in [6.45, 7) is 2.52. The van der Waals surface area contributed by atoms with E-state index in [1.54, 1.807) is 4.90 Å². The number of hydrogen-bond donors (Lipinski definition) is 2. The fourth-order valence-corrected chi connectivity index (χ4v) is 4.31. The highest BCUT2D eigenvalue weighted by molar-refractivity contribution is 5.96. The molecule has 0 spiro atoms. The maximum atomic E-state index is 12.0. The zero-order valence-electron chi connectivity index (χ0n) is 16.4. The average Bonchev–Trinajstić information content (AvgIpc) is 2.70. The van der Waals surface area contributed by atoms with E-state index in [4.69, 9.17) is 0 Å². The van der Waals surface area contributed by atoms with Crippen molar-refractivity contribution >= 4 is 17.6 Å². The summed E-state index contributed by atoms with van der Waals surface area (Å²) in [6, 6.07) is 6.16. The van der Waals surface area contributed by atoms with Gasteiger partial charge in [-0.3, -0.25) is 9.78 Å². The highest BCUT2D eigenvalue weighted by Crippen LogP contribution is 2.37. The molecule has 2 heterocycles. The molecule has 0 bridgehead atoms. The number of carbonyl (C=O) groups excluding carboxylic acids is 2. The van der Waals surface area contributed by atoms with Crippen LogP contribution in [0.4, 0.5) is 10.5 Å². The van der Waals surface area contributed by atoms with Crippen molar-refractivity contribution in [2.75, 3.05) is 18.5 Å². The minimum atomic E-state index is -0.132. The molecule has 0 unspecified atom stereocenters. The number of aromatic nitrogens is 1. The molecule has 28 heavy (non-hydrogen) atoms. The lowest BCUT2D eigenvalue weighted by molar-refractivity contribution is -0.118. The van der Waals surface area contributed by atoms with Crippen LogP contribution in [0.5, 0.6) is 0 Å². The summed E-state index contributed by atoms with van der Waals surface area (Å²) < 4.78 is 0. The first kappa shape index (κ1) is 18.5. The van der Waals surface area contributed by atoms with Crippen LogP contribution < -0.4 is 15.5 Å². The molecule has 1 aromatic carbocycles. The second-order valence-electron chi connectivity index (χ2n) is 7.50. The van der Waals surface area contributed by atoms with Crippen LogP contribution in [0.15, 0.2) is 30.6 Å². The van der Waals surface area contributed by atoms with E-state index in [-0.39, 0.29) is 18.0 Å². The first-order valence-corrected chi connectivity index (χ1v) is 9.99. The van der Waals surface area contributed by atoms with Crippen LogP contribution >= 0.6 is 0 Å². The van der Waals surface area contributed by atoms with E-state index in [1.165, 1.54) is 11.1 Å². The summed E-state index contributed by atoms with van der Waals surface area (Å²) in [4.78, 5) is 30.2. The Hall–Kier alpha value is -2.89. The van der Waals surface area contributed by atoms with E-state index < -0.39 is 0 Å². The smallest absolute Gasteiger partial charge is 0.315 e. The van der Waals surface area contributed by atoms with E-state index in [2.05, 4.69) is 27.8 Å². The summed E-state index contributed by atoms with van der Waals surface area (Å²) in [6.07, 6.45) is 8.07. The zero-order chi connectivity index (χ0) is 19.7. The van der Waals surface area contributed by atoms with E-state index >= 15 is 0 Å². The predicted molar refractivity (Wildman–Crippen MR) is 109 cm³/mol. The molecule has 2 N–H and O–H groups in total. The Labute approximate surface area is 165 Å². The van der Waals surface area contributed by atoms with Gasteiger partial charge in [0, 0.05) is 43.7 Å². The molecular weight excluding hydrogens is 352 g/mol. The number of rotatable bonds is 3. The van der Waals surface area contributed by atoms with Crippen molar-refractivity contribution in [3.05, 3.63) is 47.3 Å². The number of benzene rings is 1. The van der Waals surface area contributed by atoms with E-state index in [0.717, 1.165) is 48.1 Å². The van der Waals surface area contributed by atoms with Crippen molar-refractivity contribution in [3.8, 4) is 11.1 Å². The minimum Gasteiger partial charge on any atom is -0.338 e. The number of nitrogens with zero attached hydrogens (tertiary/aromatic N) is 2. The zero-order valence-corrected chi connectivity index (χ0v) is 16.4. The SMILES string of the molecule is CCNC(=O)N[C@@H]1CCCc2c(-c3ccc4c(c3)CCC(=O)N4C)cncc21. The van der Waals surface area contributed by atoms with Gasteiger partial charge in [0.25, 0.3) is 0 Å². The highest BCUT2D eigenvalue weighted by Gasteiger charge is 2.26. The molecule has 0 saturated carbocycles. The first-order chi connectivity index (χ1) is 13.6. The number of anilines is 1. The van der Waals surface area contributed by atoms with Gasteiger partial charge in [-0.15, -0.1) is 0 Å². The molecule has 1 aliphatic heterocycles. The van der Waals surface area contributed by atoms with Crippen LogP contribution in [-0.4, -0.2) is 30.5 Å². The molecule has 0 fully saturated rings. The molecule has 1 aliphatic carbocycles. The van der Waals surface area contributed by atoms with Gasteiger partial charge in [-0.05, 0) is 67.0 Å². The topological polar surface area (TPSA) is 74.3 Å². The monoisotopic (exact) mass is 378 g/mol. The lowest BCUT2D eigenvalue weighted by Gasteiger charge is -2.29. The number of fused-ring (bicyclic) bond motifs is 2. The Morgan fingerprint density at radius 1 is 1.25 bits per heavy atom. The molecule has 0 saturated heterocycles. The van der Waals surface area contributed by atoms with Gasteiger partial charge in [-0.1, -0.05) is 6.07 Å². The van der Waals surface area contributed by atoms with Gasteiger partial charge in [-0.2, -0.15) is 0 Å². The normalized spacial score (nSPS) is 18.3. The third kappa shape index (κ3) is 3.35. The fraction of sp³-hybridized carbons (Fsp3) is 0.409. The van der Waals surface area contributed by atoms with Crippen LogP contribution in [0.3, 0.4) is 0 Å². The summed E-state index contributed by atoms with van der Waals surface area (Å²) >= 11 is 0. The van der Waals surface area contributed by atoms with Gasteiger partial charge in [0.05, 0.1) is 6.04 Å². The molecule has 4 rings (SSSR count). The average molecular weight is 378 g/mol. The van der Waals surface area contributed by atoms with Crippen LogP contribution in [0.25, 0.3) is 11.1 Å². The number of hydrogen-bond acceptors (Lipinski definition) is 3. The largest absolute Gasteiger partial charge is 0.338 e. The lowest BCUT2D eigenvalue weighted by atomic mass is 9.84. The number of nitrogens with one attached hydrogen (secondary N) is 2. The summed E-state index contributed by atoms with van der Waals surface area (Å²) in [5.41, 5.74) is 6.83. The van der Waals surface area contributed by atoms with Crippen molar-refractivity contribution < 1.29 is 9.59 Å². The van der Waals surface area contributed by atoms with E-state index in [9.17, 15) is 9.59 Å². The summed E-state index contributed by atoms with van der Waals surface area (Å²) in [7, 11) is 1.84. The second kappa shape index (κ2) is 7.62. The van der Waals surface area contributed by atoms with Gasteiger partial charge < -0.3 is 15.5 Å². The molecule has 1 atom stereocenters. The molecule has 146 valence electrons. The molecule has 6 nitrogen and oxygen atoms in total. The molecule has 2 aromatic rings. The van der Waals surface area contributed by atoms with Crippen molar-refractivity contribution in [1.82, 2.24) is 15.6 Å². The maximum absolute atomic E-state index is 12.0. The van der Waals surface area contributed by atoms with E-state index in [0.29, 0.717) is 13.0 Å². The number of aryl methyl sites for hydroxylation is 1. The third-order valence-corrected chi connectivity index (χ3v) is 5.76. The summed E-state index contributed by atoms with van der Waals surface area (Å²) in [5.74, 6) is 0.165. The molecule has 6 heteroatoms. The van der Waals surface area contributed by atoms with Gasteiger partial charge >= 0.3 is 6.03 Å². The molecule has 1 aromatic heterocycles. The third-order valence-electron chi connectivity index (χ3n) is 5.76. The van der Waals surface area contributed by atoms with Gasteiger partial charge in [0.15, 0.2) is 0 Å². The molecule has 0 radical (unpaired) electrons. The Balaban J connectivity index is 1.69. The van der Waals surface area contributed by atoms with Gasteiger partial charge in [-0.25, -0.2) is 4.79 Å². The van der Waals surface area contributed by atoms with Crippen molar-refractivity contribution in [3.63, 3.8) is 0 Å². The number of amides is 3. The Morgan fingerprint density at radius 3 is 2.93 bits per heavy atom. The van der Waals surface area contributed by atoms with Gasteiger partial charge in [0.1, 0.15) is 0 Å². The molecule has 3 amide bonds. The summed E-state index contributed by atoms with van der Waals surface area (Å²) in [5, 5.41) is 5.89. The number of urea groups is 1. The Kier molecular flexibility index (Phi) is 5.03.